The van der Waals surface area contributed by atoms with E-state index in [4.69, 9.17) is 11.6 Å². The molecule has 0 radical (unpaired) electrons. The van der Waals surface area contributed by atoms with Crippen molar-refractivity contribution < 1.29 is 14.0 Å². The Kier molecular flexibility index (Phi) is 4.08. The summed E-state index contributed by atoms with van der Waals surface area (Å²) in [5, 5.41) is 2.60. The molecule has 2 rings (SSSR count). The molecule has 1 heterocycles. The fourth-order valence-electron chi connectivity index (χ4n) is 1.53. The summed E-state index contributed by atoms with van der Waals surface area (Å²) in [5.41, 5.74) is 0.0202. The summed E-state index contributed by atoms with van der Waals surface area (Å²) in [6.45, 7) is 0.465. The number of benzene rings is 1. The van der Waals surface area contributed by atoms with Gasteiger partial charge in [0.25, 0.3) is 5.24 Å². The van der Waals surface area contributed by atoms with Crippen molar-refractivity contribution in [1.82, 2.24) is 4.90 Å². The van der Waals surface area contributed by atoms with Gasteiger partial charge in [-0.3, -0.25) is 9.59 Å². The summed E-state index contributed by atoms with van der Waals surface area (Å²) < 4.78 is 13.4. The molecule has 1 saturated heterocycles. The van der Waals surface area contributed by atoms with Crippen LogP contribution in [0.3, 0.4) is 0 Å². The molecule has 7 heteroatoms. The molecule has 0 unspecified atom stereocenters. The molecule has 0 spiro atoms. The van der Waals surface area contributed by atoms with Crippen molar-refractivity contribution >= 4 is 40.2 Å². The number of rotatable bonds is 3. The van der Waals surface area contributed by atoms with Crippen molar-refractivity contribution in [3.05, 3.63) is 29.0 Å². The largest absolute Gasteiger partial charge is 0.323 e. The predicted molar refractivity (Wildman–Crippen MR) is 69.5 cm³/mol. The Balaban J connectivity index is 1.98. The van der Waals surface area contributed by atoms with Crippen LogP contribution in [0, 0.1) is 5.82 Å². The molecule has 1 fully saturated rings. The third-order valence-corrected chi connectivity index (χ3v) is 3.51. The first kappa shape index (κ1) is 13.2. The zero-order valence-corrected chi connectivity index (χ0v) is 10.9. The highest BCUT2D eigenvalue weighted by molar-refractivity contribution is 8.13. The van der Waals surface area contributed by atoms with E-state index in [9.17, 15) is 14.0 Å². The number of carbonyl (C=O) groups excluding carboxylic acids is 2. The second kappa shape index (κ2) is 5.58. The number of nitrogens with one attached hydrogen (secondary N) is 1. The zero-order chi connectivity index (χ0) is 13.1. The second-order valence-electron chi connectivity index (χ2n) is 3.71. The summed E-state index contributed by atoms with van der Waals surface area (Å²) in [6, 6.07) is 3.90. The molecule has 0 atom stereocenters. The minimum absolute atomic E-state index is 0.0202. The molecular formula is C11H10ClFN2O2S. The van der Waals surface area contributed by atoms with Gasteiger partial charge in [0.05, 0.1) is 5.69 Å². The fourth-order valence-corrected chi connectivity index (χ4v) is 2.52. The van der Waals surface area contributed by atoms with E-state index in [0.29, 0.717) is 17.3 Å². The number of thioether (sulfide) groups is 1. The van der Waals surface area contributed by atoms with Gasteiger partial charge in [0.1, 0.15) is 12.4 Å². The number of nitrogens with zero attached hydrogens (tertiary/aromatic N) is 1. The monoisotopic (exact) mass is 288 g/mol. The average Bonchev–Trinajstić information content (AvgIpc) is 2.70. The molecule has 0 aromatic heterocycles. The van der Waals surface area contributed by atoms with Crippen LogP contribution in [0.15, 0.2) is 18.2 Å². The van der Waals surface area contributed by atoms with Crippen molar-refractivity contribution in [3.8, 4) is 0 Å². The normalized spacial score (nSPS) is 15.0. The van der Waals surface area contributed by atoms with E-state index in [1.807, 2.05) is 0 Å². The molecular weight excluding hydrogens is 279 g/mol. The van der Waals surface area contributed by atoms with Gasteiger partial charge in [0.2, 0.25) is 5.91 Å². The summed E-state index contributed by atoms with van der Waals surface area (Å²) in [4.78, 5) is 24.4. The lowest BCUT2D eigenvalue weighted by atomic mass is 10.3. The first-order valence-electron chi connectivity index (χ1n) is 5.23. The Bertz CT molecular complexity index is 498. The van der Waals surface area contributed by atoms with Gasteiger partial charge in [-0.2, -0.15) is 0 Å². The number of hydrogen-bond donors (Lipinski definition) is 1. The molecule has 1 N–H and O–H groups in total. The van der Waals surface area contributed by atoms with E-state index in [1.54, 1.807) is 0 Å². The van der Waals surface area contributed by atoms with E-state index in [-0.39, 0.29) is 17.5 Å². The Labute approximate surface area is 112 Å². The number of hydrogen-bond acceptors (Lipinski definition) is 3. The van der Waals surface area contributed by atoms with Crippen LogP contribution < -0.4 is 5.32 Å². The molecule has 1 aromatic carbocycles. The van der Waals surface area contributed by atoms with Gasteiger partial charge >= 0.3 is 0 Å². The molecule has 1 aromatic rings. The molecule has 1 aliphatic heterocycles. The van der Waals surface area contributed by atoms with Crippen LogP contribution in [-0.4, -0.2) is 34.9 Å². The molecule has 96 valence electrons. The minimum Gasteiger partial charge on any atom is -0.323 e. The van der Waals surface area contributed by atoms with Crippen molar-refractivity contribution in [2.45, 2.75) is 0 Å². The van der Waals surface area contributed by atoms with Crippen molar-refractivity contribution in [3.63, 3.8) is 0 Å². The number of halogens is 2. The first-order valence-corrected chi connectivity index (χ1v) is 6.59. The first-order chi connectivity index (χ1) is 8.56. The lowest BCUT2D eigenvalue weighted by Crippen LogP contribution is -2.33. The Morgan fingerprint density at radius 1 is 1.56 bits per heavy atom. The maximum Gasteiger partial charge on any atom is 0.282 e. The maximum absolute atomic E-state index is 13.4. The lowest BCUT2D eigenvalue weighted by molar-refractivity contribution is -0.116. The fraction of sp³-hybridized carbons (Fsp3) is 0.273. The summed E-state index contributed by atoms with van der Waals surface area (Å²) in [5.74, 6) is -0.320. The smallest absolute Gasteiger partial charge is 0.282 e. The third-order valence-electron chi connectivity index (χ3n) is 2.38. The topological polar surface area (TPSA) is 49.4 Å². The van der Waals surface area contributed by atoms with Gasteiger partial charge in [0, 0.05) is 17.3 Å². The van der Waals surface area contributed by atoms with Crippen molar-refractivity contribution in [2.75, 3.05) is 24.2 Å². The number of carbonyl (C=O) groups is 2. The SMILES string of the molecule is O=C(CN1CCSC1=O)Nc1cc(Cl)ccc1F. The van der Waals surface area contributed by atoms with Gasteiger partial charge in [-0.1, -0.05) is 23.4 Å². The highest BCUT2D eigenvalue weighted by atomic mass is 35.5. The molecule has 0 saturated carbocycles. The maximum atomic E-state index is 13.4. The molecule has 2 amide bonds. The standard InChI is InChI=1S/C11H10ClFN2O2S/c12-7-1-2-8(13)9(5-7)14-10(16)6-15-3-4-18-11(15)17/h1-2,5H,3-4,6H2,(H,14,16). The molecule has 18 heavy (non-hydrogen) atoms. The van der Waals surface area contributed by atoms with Gasteiger partial charge in [-0.05, 0) is 18.2 Å². The predicted octanol–water partition coefficient (Wildman–Crippen LogP) is 2.59. The molecule has 1 aliphatic rings. The van der Waals surface area contributed by atoms with E-state index in [2.05, 4.69) is 5.32 Å². The number of amides is 2. The second-order valence-corrected chi connectivity index (χ2v) is 5.19. The van der Waals surface area contributed by atoms with Gasteiger partial charge in [0.15, 0.2) is 0 Å². The highest BCUT2D eigenvalue weighted by Crippen LogP contribution is 2.20. The van der Waals surface area contributed by atoms with Gasteiger partial charge in [-0.15, -0.1) is 0 Å². The Hall–Kier alpha value is -1.27. The molecule has 4 nitrogen and oxygen atoms in total. The van der Waals surface area contributed by atoms with Gasteiger partial charge < -0.3 is 10.2 Å². The Morgan fingerprint density at radius 2 is 2.33 bits per heavy atom. The van der Waals surface area contributed by atoms with Crippen LogP contribution in [-0.2, 0) is 4.79 Å². The van der Waals surface area contributed by atoms with Crippen LogP contribution in [0.5, 0.6) is 0 Å². The van der Waals surface area contributed by atoms with Crippen LogP contribution >= 0.6 is 23.4 Å². The lowest BCUT2D eigenvalue weighted by Gasteiger charge is -2.14. The van der Waals surface area contributed by atoms with Gasteiger partial charge in [-0.25, -0.2) is 4.39 Å². The van der Waals surface area contributed by atoms with Crippen molar-refractivity contribution in [2.24, 2.45) is 0 Å². The highest BCUT2D eigenvalue weighted by Gasteiger charge is 2.23. The molecule has 0 aliphatic carbocycles. The summed E-state index contributed by atoms with van der Waals surface area (Å²) >= 11 is 6.88. The van der Waals surface area contributed by atoms with Crippen molar-refractivity contribution in [1.29, 1.82) is 0 Å². The van der Waals surface area contributed by atoms with E-state index in [0.717, 1.165) is 0 Å². The molecule has 0 bridgehead atoms. The third kappa shape index (κ3) is 3.14. The summed E-state index contributed by atoms with van der Waals surface area (Å²) in [6.07, 6.45) is 0. The van der Waals surface area contributed by atoms with E-state index >= 15 is 0 Å². The Morgan fingerprint density at radius 3 is 3.00 bits per heavy atom. The minimum atomic E-state index is -0.560. The quantitative estimate of drug-likeness (QED) is 0.930. The van der Waals surface area contributed by atoms with Crippen LogP contribution in [0.4, 0.5) is 14.9 Å². The van der Waals surface area contributed by atoms with Crippen LogP contribution in [0.25, 0.3) is 0 Å². The van der Waals surface area contributed by atoms with E-state index < -0.39 is 11.7 Å². The average molecular weight is 289 g/mol. The number of anilines is 1. The van der Waals surface area contributed by atoms with E-state index in [1.165, 1.54) is 34.9 Å². The summed E-state index contributed by atoms with van der Waals surface area (Å²) in [7, 11) is 0. The van der Waals surface area contributed by atoms with Crippen LogP contribution in [0.1, 0.15) is 0 Å². The zero-order valence-electron chi connectivity index (χ0n) is 9.28. The van der Waals surface area contributed by atoms with Crippen LogP contribution in [0.2, 0.25) is 5.02 Å².